The second-order valence-corrected chi connectivity index (χ2v) is 7.84. The lowest BCUT2D eigenvalue weighted by Gasteiger charge is -2.35. The second-order valence-electron chi connectivity index (χ2n) is 7.45. The molecular weight excluding hydrogens is 418 g/mol. The highest BCUT2D eigenvalue weighted by Gasteiger charge is 2.20. The van der Waals surface area contributed by atoms with Gasteiger partial charge < -0.3 is 19.3 Å². The van der Waals surface area contributed by atoms with Gasteiger partial charge in [0.15, 0.2) is 16.7 Å². The van der Waals surface area contributed by atoms with Crippen LogP contribution in [0.3, 0.4) is 0 Å². The molecule has 3 aromatic rings. The third kappa shape index (κ3) is 4.98. The smallest absolute Gasteiger partial charge is 0.293 e. The molecule has 4 rings (SSSR count). The number of halogens is 1. The van der Waals surface area contributed by atoms with Gasteiger partial charge in [-0.2, -0.15) is 0 Å². The van der Waals surface area contributed by atoms with Crippen LogP contribution in [0.25, 0.3) is 0 Å². The standard InChI is InChI=1S/C22H24ClN5O3/c1-31-18-4-2-3-16(13-18)14-28-8-7-17(21(29)22(28)30)15-26-9-11-27(12-10-26)20-6-5-19(23)24-25-20/h2-8,13,29H,9-12,14-15H2,1H3. The molecular formula is C22H24ClN5O3. The first kappa shape index (κ1) is 21.1. The van der Waals surface area contributed by atoms with E-state index in [-0.39, 0.29) is 5.75 Å². The maximum absolute atomic E-state index is 12.7. The van der Waals surface area contributed by atoms with Gasteiger partial charge >= 0.3 is 0 Å². The highest BCUT2D eigenvalue weighted by molar-refractivity contribution is 6.29. The van der Waals surface area contributed by atoms with Crippen LogP contribution in [0.4, 0.5) is 5.82 Å². The highest BCUT2D eigenvalue weighted by Crippen LogP contribution is 2.19. The Hall–Kier alpha value is -3.10. The minimum Gasteiger partial charge on any atom is -0.503 e. The van der Waals surface area contributed by atoms with Gasteiger partial charge in [0, 0.05) is 44.5 Å². The quantitative estimate of drug-likeness (QED) is 0.628. The lowest BCUT2D eigenvalue weighted by Crippen LogP contribution is -2.46. The SMILES string of the molecule is COc1cccc(Cn2ccc(CN3CCN(c4ccc(Cl)nn4)CC3)c(O)c2=O)c1. The molecule has 0 atom stereocenters. The van der Waals surface area contributed by atoms with E-state index >= 15 is 0 Å². The summed E-state index contributed by atoms with van der Waals surface area (Å²) in [6.45, 7) is 4.02. The first-order chi connectivity index (χ1) is 15.0. The van der Waals surface area contributed by atoms with Crippen LogP contribution >= 0.6 is 11.6 Å². The number of piperazine rings is 1. The molecule has 162 valence electrons. The Morgan fingerprint density at radius 2 is 1.87 bits per heavy atom. The summed E-state index contributed by atoms with van der Waals surface area (Å²) in [6, 6.07) is 12.9. The van der Waals surface area contributed by atoms with Crippen molar-refractivity contribution in [2.24, 2.45) is 0 Å². The van der Waals surface area contributed by atoms with Crippen molar-refractivity contribution in [3.63, 3.8) is 0 Å². The molecule has 3 heterocycles. The van der Waals surface area contributed by atoms with Crippen molar-refractivity contribution >= 4 is 17.4 Å². The second kappa shape index (κ2) is 9.36. The van der Waals surface area contributed by atoms with E-state index in [1.54, 1.807) is 19.4 Å². The molecule has 0 spiro atoms. The first-order valence-electron chi connectivity index (χ1n) is 10.0. The number of nitrogens with zero attached hydrogens (tertiary/aromatic N) is 5. The van der Waals surface area contributed by atoms with E-state index in [1.807, 2.05) is 36.4 Å². The van der Waals surface area contributed by atoms with Crippen LogP contribution in [0.2, 0.25) is 5.15 Å². The molecule has 1 aliphatic rings. The van der Waals surface area contributed by atoms with Crippen molar-refractivity contribution in [3.8, 4) is 11.5 Å². The molecule has 9 heteroatoms. The van der Waals surface area contributed by atoms with E-state index < -0.39 is 5.56 Å². The van der Waals surface area contributed by atoms with E-state index in [0.29, 0.717) is 23.8 Å². The zero-order valence-corrected chi connectivity index (χ0v) is 18.0. The van der Waals surface area contributed by atoms with Crippen molar-refractivity contribution in [3.05, 3.63) is 75.3 Å². The van der Waals surface area contributed by atoms with Crippen molar-refractivity contribution in [2.45, 2.75) is 13.1 Å². The van der Waals surface area contributed by atoms with Gasteiger partial charge in [-0.15, -0.1) is 10.2 Å². The number of hydrogen-bond donors (Lipinski definition) is 1. The molecule has 0 saturated carbocycles. The number of aromatic nitrogens is 3. The number of hydrogen-bond acceptors (Lipinski definition) is 7. The Balaban J connectivity index is 1.40. The third-order valence-electron chi connectivity index (χ3n) is 5.42. The summed E-state index contributed by atoms with van der Waals surface area (Å²) >= 11 is 5.80. The number of rotatable bonds is 6. The largest absolute Gasteiger partial charge is 0.503 e. The van der Waals surface area contributed by atoms with Crippen molar-refractivity contribution in [1.82, 2.24) is 19.7 Å². The molecule has 2 aromatic heterocycles. The topological polar surface area (TPSA) is 83.7 Å². The summed E-state index contributed by atoms with van der Waals surface area (Å²) in [7, 11) is 1.61. The maximum Gasteiger partial charge on any atom is 0.293 e. The molecule has 0 amide bonds. The van der Waals surface area contributed by atoms with Gasteiger partial charge in [-0.25, -0.2) is 0 Å². The van der Waals surface area contributed by atoms with Crippen molar-refractivity contribution in [2.75, 3.05) is 38.2 Å². The fourth-order valence-corrected chi connectivity index (χ4v) is 3.77. The van der Waals surface area contributed by atoms with E-state index in [4.69, 9.17) is 16.3 Å². The summed E-state index contributed by atoms with van der Waals surface area (Å²) in [5.41, 5.74) is 1.16. The predicted molar refractivity (Wildman–Crippen MR) is 119 cm³/mol. The van der Waals surface area contributed by atoms with E-state index in [0.717, 1.165) is 43.3 Å². The number of pyridine rings is 1. The fraction of sp³-hybridized carbons (Fsp3) is 0.318. The predicted octanol–water partition coefficient (Wildman–Crippen LogP) is 2.38. The van der Waals surface area contributed by atoms with E-state index in [1.165, 1.54) is 4.57 Å². The molecule has 0 radical (unpaired) electrons. The number of benzene rings is 1. The average Bonchev–Trinajstić information content (AvgIpc) is 2.80. The van der Waals surface area contributed by atoms with Gasteiger partial charge in [0.2, 0.25) is 0 Å². The summed E-state index contributed by atoms with van der Waals surface area (Å²) in [4.78, 5) is 17.0. The van der Waals surface area contributed by atoms with Crippen LogP contribution < -0.4 is 15.2 Å². The fourth-order valence-electron chi connectivity index (χ4n) is 3.67. The Morgan fingerprint density at radius 3 is 2.58 bits per heavy atom. The van der Waals surface area contributed by atoms with Crippen LogP contribution in [0.5, 0.6) is 11.5 Å². The van der Waals surface area contributed by atoms with Crippen molar-refractivity contribution < 1.29 is 9.84 Å². The van der Waals surface area contributed by atoms with Gasteiger partial charge in [0.05, 0.1) is 13.7 Å². The normalized spacial score (nSPS) is 14.6. The minimum atomic E-state index is -0.393. The van der Waals surface area contributed by atoms with Crippen LogP contribution in [-0.4, -0.2) is 58.1 Å². The molecule has 0 unspecified atom stereocenters. The van der Waals surface area contributed by atoms with Gasteiger partial charge in [0.1, 0.15) is 5.75 Å². The average molecular weight is 442 g/mol. The lowest BCUT2D eigenvalue weighted by molar-refractivity contribution is 0.245. The Kier molecular flexibility index (Phi) is 6.39. The number of ether oxygens (including phenoxy) is 1. The zero-order valence-electron chi connectivity index (χ0n) is 17.2. The maximum atomic E-state index is 12.7. The summed E-state index contributed by atoms with van der Waals surface area (Å²) < 4.78 is 6.74. The number of aromatic hydroxyl groups is 1. The molecule has 1 fully saturated rings. The Morgan fingerprint density at radius 1 is 1.06 bits per heavy atom. The number of methoxy groups -OCH3 is 1. The molecule has 0 aliphatic carbocycles. The number of anilines is 1. The molecule has 0 bridgehead atoms. The monoisotopic (exact) mass is 441 g/mol. The van der Waals surface area contributed by atoms with Gasteiger partial charge in [-0.05, 0) is 35.9 Å². The molecule has 31 heavy (non-hydrogen) atoms. The Bertz CT molecular complexity index is 1100. The van der Waals surface area contributed by atoms with Crippen LogP contribution in [0.15, 0.2) is 53.5 Å². The lowest BCUT2D eigenvalue weighted by atomic mass is 10.2. The third-order valence-corrected chi connectivity index (χ3v) is 5.62. The van der Waals surface area contributed by atoms with Crippen LogP contribution in [0.1, 0.15) is 11.1 Å². The summed E-state index contributed by atoms with van der Waals surface area (Å²) in [6.07, 6.45) is 1.73. The summed E-state index contributed by atoms with van der Waals surface area (Å²) in [5, 5.41) is 18.9. The van der Waals surface area contributed by atoms with Crippen LogP contribution in [0, 0.1) is 0 Å². The van der Waals surface area contributed by atoms with Gasteiger partial charge in [-0.3, -0.25) is 9.69 Å². The summed E-state index contributed by atoms with van der Waals surface area (Å²) in [5.74, 6) is 1.33. The minimum absolute atomic E-state index is 0.198. The highest BCUT2D eigenvalue weighted by atomic mass is 35.5. The first-order valence-corrected chi connectivity index (χ1v) is 10.4. The van der Waals surface area contributed by atoms with Gasteiger partial charge in [-0.1, -0.05) is 23.7 Å². The molecule has 1 saturated heterocycles. The molecule has 8 nitrogen and oxygen atoms in total. The molecule has 1 aliphatic heterocycles. The zero-order chi connectivity index (χ0) is 21.8. The van der Waals surface area contributed by atoms with E-state index in [9.17, 15) is 9.90 Å². The van der Waals surface area contributed by atoms with Crippen molar-refractivity contribution in [1.29, 1.82) is 0 Å². The Labute approximate surface area is 185 Å². The molecule has 1 N–H and O–H groups in total. The van der Waals surface area contributed by atoms with E-state index in [2.05, 4.69) is 20.0 Å². The van der Waals surface area contributed by atoms with Gasteiger partial charge in [0.25, 0.3) is 5.56 Å². The van der Waals surface area contributed by atoms with Crippen LogP contribution in [-0.2, 0) is 13.1 Å². The molecule has 1 aromatic carbocycles.